The molecule has 0 saturated heterocycles. The predicted octanol–water partition coefficient (Wildman–Crippen LogP) is 2.46. The second-order valence-corrected chi connectivity index (χ2v) is 5.03. The Hall–Kier alpha value is -2.69. The SMILES string of the molecule is Cc1cccc(NC(=O)CCNC(=O)c2ccccc2C)n1. The van der Waals surface area contributed by atoms with Gasteiger partial charge in [-0.15, -0.1) is 0 Å². The van der Waals surface area contributed by atoms with Crippen LogP contribution in [0.2, 0.25) is 0 Å². The van der Waals surface area contributed by atoms with Gasteiger partial charge in [-0.25, -0.2) is 4.98 Å². The quantitative estimate of drug-likeness (QED) is 0.890. The lowest BCUT2D eigenvalue weighted by atomic mass is 10.1. The van der Waals surface area contributed by atoms with Gasteiger partial charge < -0.3 is 10.6 Å². The van der Waals surface area contributed by atoms with Crippen LogP contribution < -0.4 is 10.6 Å². The minimum atomic E-state index is -0.178. The van der Waals surface area contributed by atoms with Gasteiger partial charge in [-0.05, 0) is 37.6 Å². The van der Waals surface area contributed by atoms with Crippen molar-refractivity contribution in [1.82, 2.24) is 10.3 Å². The molecule has 0 atom stereocenters. The van der Waals surface area contributed by atoms with E-state index in [1.54, 1.807) is 12.1 Å². The van der Waals surface area contributed by atoms with Gasteiger partial charge in [-0.3, -0.25) is 9.59 Å². The summed E-state index contributed by atoms with van der Waals surface area (Å²) in [5, 5.41) is 5.45. The smallest absolute Gasteiger partial charge is 0.251 e. The lowest BCUT2D eigenvalue weighted by Gasteiger charge is -2.08. The van der Waals surface area contributed by atoms with Crippen LogP contribution in [0.3, 0.4) is 0 Å². The molecule has 2 N–H and O–H groups in total. The molecule has 0 aliphatic rings. The molecule has 5 nitrogen and oxygen atoms in total. The van der Waals surface area contributed by atoms with Gasteiger partial charge in [0.05, 0.1) is 0 Å². The van der Waals surface area contributed by atoms with Gasteiger partial charge in [0.1, 0.15) is 5.82 Å². The summed E-state index contributed by atoms with van der Waals surface area (Å²) in [6.45, 7) is 4.02. The van der Waals surface area contributed by atoms with Crippen molar-refractivity contribution < 1.29 is 9.59 Å². The van der Waals surface area contributed by atoms with E-state index >= 15 is 0 Å². The zero-order valence-corrected chi connectivity index (χ0v) is 12.7. The zero-order chi connectivity index (χ0) is 15.9. The fraction of sp³-hybridized carbons (Fsp3) is 0.235. The van der Waals surface area contributed by atoms with E-state index in [1.807, 2.05) is 44.2 Å². The van der Waals surface area contributed by atoms with Crippen LogP contribution in [0.25, 0.3) is 0 Å². The van der Waals surface area contributed by atoms with E-state index in [9.17, 15) is 9.59 Å². The van der Waals surface area contributed by atoms with E-state index < -0.39 is 0 Å². The molecule has 2 rings (SSSR count). The lowest BCUT2D eigenvalue weighted by molar-refractivity contribution is -0.116. The number of hydrogen-bond acceptors (Lipinski definition) is 3. The molecule has 0 aliphatic heterocycles. The number of amides is 2. The monoisotopic (exact) mass is 297 g/mol. The Morgan fingerprint density at radius 1 is 1.05 bits per heavy atom. The van der Waals surface area contributed by atoms with E-state index in [-0.39, 0.29) is 24.8 Å². The van der Waals surface area contributed by atoms with Crippen LogP contribution in [0.15, 0.2) is 42.5 Å². The summed E-state index contributed by atoms with van der Waals surface area (Å²) < 4.78 is 0. The highest BCUT2D eigenvalue weighted by Crippen LogP contribution is 2.07. The highest BCUT2D eigenvalue weighted by atomic mass is 16.2. The normalized spacial score (nSPS) is 10.1. The Bertz CT molecular complexity index is 683. The van der Waals surface area contributed by atoms with E-state index in [0.717, 1.165) is 11.3 Å². The van der Waals surface area contributed by atoms with Gasteiger partial charge in [0, 0.05) is 24.2 Å². The Morgan fingerprint density at radius 2 is 1.82 bits per heavy atom. The van der Waals surface area contributed by atoms with Crippen LogP contribution in [0.5, 0.6) is 0 Å². The molecule has 2 amide bonds. The van der Waals surface area contributed by atoms with E-state index in [0.29, 0.717) is 11.4 Å². The van der Waals surface area contributed by atoms with E-state index in [1.165, 1.54) is 0 Å². The number of carbonyl (C=O) groups is 2. The predicted molar refractivity (Wildman–Crippen MR) is 85.7 cm³/mol. The second-order valence-electron chi connectivity index (χ2n) is 5.03. The third-order valence-corrected chi connectivity index (χ3v) is 3.18. The summed E-state index contributed by atoms with van der Waals surface area (Å²) in [5.41, 5.74) is 2.38. The number of aryl methyl sites for hydroxylation is 2. The van der Waals surface area contributed by atoms with E-state index in [2.05, 4.69) is 15.6 Å². The molecule has 0 spiro atoms. The summed E-state index contributed by atoms with van der Waals surface area (Å²) in [6.07, 6.45) is 0.202. The number of aromatic nitrogens is 1. The molecule has 0 unspecified atom stereocenters. The Balaban J connectivity index is 1.80. The molecule has 0 saturated carbocycles. The maximum absolute atomic E-state index is 12.0. The molecule has 114 valence electrons. The highest BCUT2D eigenvalue weighted by Gasteiger charge is 2.09. The van der Waals surface area contributed by atoms with Crippen LogP contribution in [-0.2, 0) is 4.79 Å². The summed E-state index contributed by atoms with van der Waals surface area (Å²) in [7, 11) is 0. The molecule has 1 aromatic heterocycles. The molecular weight excluding hydrogens is 278 g/mol. The first-order valence-electron chi connectivity index (χ1n) is 7.13. The Labute approximate surface area is 129 Å². The summed E-state index contributed by atoms with van der Waals surface area (Å²) >= 11 is 0. The summed E-state index contributed by atoms with van der Waals surface area (Å²) in [4.78, 5) is 28.0. The van der Waals surface area contributed by atoms with Crippen molar-refractivity contribution in [3.05, 3.63) is 59.3 Å². The van der Waals surface area contributed by atoms with Crippen molar-refractivity contribution in [3.8, 4) is 0 Å². The molecule has 0 bridgehead atoms. The van der Waals surface area contributed by atoms with E-state index in [4.69, 9.17) is 0 Å². The summed E-state index contributed by atoms with van der Waals surface area (Å²) in [6, 6.07) is 12.8. The van der Waals surface area contributed by atoms with Crippen molar-refractivity contribution in [1.29, 1.82) is 0 Å². The van der Waals surface area contributed by atoms with Crippen molar-refractivity contribution in [2.45, 2.75) is 20.3 Å². The molecule has 5 heteroatoms. The highest BCUT2D eigenvalue weighted by molar-refractivity contribution is 5.96. The van der Waals surface area contributed by atoms with Crippen molar-refractivity contribution in [2.24, 2.45) is 0 Å². The number of rotatable bonds is 5. The number of benzene rings is 1. The molecule has 0 radical (unpaired) electrons. The van der Waals surface area contributed by atoms with Gasteiger partial charge in [0.2, 0.25) is 5.91 Å². The van der Waals surface area contributed by atoms with Crippen molar-refractivity contribution in [2.75, 3.05) is 11.9 Å². The Kier molecular flexibility index (Phi) is 5.25. The molecule has 1 aromatic carbocycles. The lowest BCUT2D eigenvalue weighted by Crippen LogP contribution is -2.28. The maximum Gasteiger partial charge on any atom is 0.251 e. The topological polar surface area (TPSA) is 71.1 Å². The Morgan fingerprint density at radius 3 is 2.55 bits per heavy atom. The number of anilines is 1. The van der Waals surface area contributed by atoms with Crippen LogP contribution in [-0.4, -0.2) is 23.3 Å². The molecular formula is C17H19N3O2. The zero-order valence-electron chi connectivity index (χ0n) is 12.7. The minimum Gasteiger partial charge on any atom is -0.352 e. The molecule has 22 heavy (non-hydrogen) atoms. The first-order chi connectivity index (χ1) is 10.6. The number of pyridine rings is 1. The number of nitrogens with one attached hydrogen (secondary N) is 2. The fourth-order valence-electron chi connectivity index (χ4n) is 2.03. The van der Waals surface area contributed by atoms with Gasteiger partial charge in [-0.1, -0.05) is 24.3 Å². The van der Waals surface area contributed by atoms with Gasteiger partial charge >= 0.3 is 0 Å². The fourth-order valence-corrected chi connectivity index (χ4v) is 2.03. The van der Waals surface area contributed by atoms with Gasteiger partial charge in [0.25, 0.3) is 5.91 Å². The van der Waals surface area contributed by atoms with Crippen LogP contribution in [0.4, 0.5) is 5.82 Å². The summed E-state index contributed by atoms with van der Waals surface area (Å²) in [5.74, 6) is 0.179. The first kappa shape index (κ1) is 15.7. The number of hydrogen-bond donors (Lipinski definition) is 2. The number of carbonyl (C=O) groups excluding carboxylic acids is 2. The molecule has 1 heterocycles. The third kappa shape index (κ3) is 4.41. The van der Waals surface area contributed by atoms with Crippen molar-refractivity contribution >= 4 is 17.6 Å². The average molecular weight is 297 g/mol. The molecule has 2 aromatic rings. The van der Waals surface area contributed by atoms with Crippen molar-refractivity contribution in [3.63, 3.8) is 0 Å². The van der Waals surface area contributed by atoms with Crippen LogP contribution >= 0.6 is 0 Å². The standard InChI is InChI=1S/C17H19N3O2/c1-12-6-3-4-8-14(12)17(22)18-11-10-16(21)20-15-9-5-7-13(2)19-15/h3-9H,10-11H2,1-2H3,(H,18,22)(H,19,20,21). The average Bonchev–Trinajstić information content (AvgIpc) is 2.47. The largest absolute Gasteiger partial charge is 0.352 e. The van der Waals surface area contributed by atoms with Gasteiger partial charge in [0.15, 0.2) is 0 Å². The van der Waals surface area contributed by atoms with Crippen LogP contribution in [0, 0.1) is 13.8 Å². The third-order valence-electron chi connectivity index (χ3n) is 3.18. The second kappa shape index (κ2) is 7.36. The molecule has 0 fully saturated rings. The minimum absolute atomic E-state index is 0.167. The molecule has 0 aliphatic carbocycles. The van der Waals surface area contributed by atoms with Crippen LogP contribution in [0.1, 0.15) is 28.0 Å². The first-order valence-corrected chi connectivity index (χ1v) is 7.13. The number of nitrogens with zero attached hydrogens (tertiary/aromatic N) is 1. The maximum atomic E-state index is 12.0. The van der Waals surface area contributed by atoms with Gasteiger partial charge in [-0.2, -0.15) is 0 Å².